The molecule has 1 aromatic heterocycles. The highest BCUT2D eigenvalue weighted by Gasteiger charge is 2.09. The van der Waals surface area contributed by atoms with Gasteiger partial charge < -0.3 is 0 Å². The van der Waals surface area contributed by atoms with Crippen molar-refractivity contribution in [1.29, 1.82) is 0 Å². The molecule has 1 heterocycles. The molecule has 0 aliphatic heterocycles. The maximum absolute atomic E-state index is 13.0. The summed E-state index contributed by atoms with van der Waals surface area (Å²) in [5, 5.41) is -0.0568. The van der Waals surface area contributed by atoms with E-state index < -0.39 is 5.95 Å². The summed E-state index contributed by atoms with van der Waals surface area (Å²) in [7, 11) is 0. The first-order valence-electron chi connectivity index (χ1n) is 3.91. The number of nitrogens with zero attached hydrogens (tertiary/aromatic N) is 2. The van der Waals surface area contributed by atoms with Gasteiger partial charge in [-0.1, -0.05) is 35.9 Å². The molecule has 0 bridgehead atoms. The summed E-state index contributed by atoms with van der Waals surface area (Å²) >= 11 is 5.72. The minimum Gasteiger partial charge on any atom is -0.235 e. The molecule has 1 aromatic carbocycles. The standard InChI is InChI=1S/C10H5ClFN2/c11-8-9(13-6-14-10(8)12)7-4-2-1-3-5-7/h2-6H. The molecule has 0 spiro atoms. The van der Waals surface area contributed by atoms with E-state index in [9.17, 15) is 4.39 Å². The number of hydrogen-bond acceptors (Lipinski definition) is 2. The van der Waals surface area contributed by atoms with Crippen molar-refractivity contribution in [2.75, 3.05) is 0 Å². The first-order chi connectivity index (χ1) is 6.79. The first-order valence-corrected chi connectivity index (χ1v) is 4.29. The molecule has 0 saturated carbocycles. The minimum absolute atomic E-state index is 0.0568. The fourth-order valence-corrected chi connectivity index (χ4v) is 1.30. The Morgan fingerprint density at radius 1 is 1.21 bits per heavy atom. The van der Waals surface area contributed by atoms with Crippen LogP contribution < -0.4 is 0 Å². The van der Waals surface area contributed by atoms with Crippen molar-refractivity contribution in [1.82, 2.24) is 9.97 Å². The van der Waals surface area contributed by atoms with Crippen LogP contribution in [0, 0.1) is 12.0 Å². The maximum atomic E-state index is 13.0. The van der Waals surface area contributed by atoms with E-state index in [2.05, 4.69) is 16.0 Å². The van der Waals surface area contributed by atoms with Gasteiger partial charge in [-0.05, 0) is 6.07 Å². The second-order valence-electron chi connectivity index (χ2n) is 2.62. The van der Waals surface area contributed by atoms with Gasteiger partial charge in [0.1, 0.15) is 11.3 Å². The lowest BCUT2D eigenvalue weighted by atomic mass is 10.1. The summed E-state index contributed by atoms with van der Waals surface area (Å²) in [5.41, 5.74) is 1.14. The van der Waals surface area contributed by atoms with Gasteiger partial charge in [-0.15, -0.1) is 0 Å². The van der Waals surface area contributed by atoms with Crippen LogP contribution >= 0.6 is 11.6 Å². The van der Waals surface area contributed by atoms with Crippen molar-refractivity contribution in [3.05, 3.63) is 47.6 Å². The zero-order chi connectivity index (χ0) is 9.97. The Hall–Kier alpha value is -1.48. The van der Waals surface area contributed by atoms with Gasteiger partial charge in [-0.2, -0.15) is 4.39 Å². The van der Waals surface area contributed by atoms with Crippen LogP contribution in [-0.2, 0) is 0 Å². The van der Waals surface area contributed by atoms with Crippen LogP contribution in [0.25, 0.3) is 11.3 Å². The Bertz CT molecular complexity index is 445. The van der Waals surface area contributed by atoms with Crippen LogP contribution in [0.4, 0.5) is 4.39 Å². The van der Waals surface area contributed by atoms with Crippen LogP contribution in [0.15, 0.2) is 30.6 Å². The Labute approximate surface area is 85.4 Å². The number of halogens is 2. The van der Waals surface area contributed by atoms with Crippen LogP contribution in [0.3, 0.4) is 0 Å². The van der Waals surface area contributed by atoms with Crippen molar-refractivity contribution in [3.8, 4) is 11.3 Å². The number of aromatic nitrogens is 2. The third-order valence-corrected chi connectivity index (χ3v) is 2.07. The summed E-state index contributed by atoms with van der Waals surface area (Å²) in [6.07, 6.45) is 1.15. The van der Waals surface area contributed by atoms with E-state index in [1.807, 2.05) is 0 Å². The predicted octanol–water partition coefficient (Wildman–Crippen LogP) is 2.74. The molecule has 2 nitrogen and oxygen atoms in total. The van der Waals surface area contributed by atoms with Crippen molar-refractivity contribution < 1.29 is 4.39 Å². The SMILES string of the molecule is Fc1ncnc(-c2cc[c]cc2)c1Cl. The Balaban J connectivity index is 2.58. The topological polar surface area (TPSA) is 25.8 Å². The fourth-order valence-electron chi connectivity index (χ4n) is 1.09. The zero-order valence-corrected chi connectivity index (χ0v) is 7.79. The average Bonchev–Trinajstić information content (AvgIpc) is 2.23. The number of hydrogen-bond donors (Lipinski definition) is 0. The highest BCUT2D eigenvalue weighted by Crippen LogP contribution is 2.25. The predicted molar refractivity (Wildman–Crippen MR) is 51.3 cm³/mol. The largest absolute Gasteiger partial charge is 0.235 e. The molecular formula is C10H5ClFN2. The third kappa shape index (κ3) is 1.59. The molecule has 2 aromatic rings. The molecule has 14 heavy (non-hydrogen) atoms. The van der Waals surface area contributed by atoms with Gasteiger partial charge in [0.25, 0.3) is 0 Å². The third-order valence-electron chi connectivity index (χ3n) is 1.74. The van der Waals surface area contributed by atoms with E-state index in [0.29, 0.717) is 5.69 Å². The van der Waals surface area contributed by atoms with E-state index in [-0.39, 0.29) is 5.02 Å². The van der Waals surface area contributed by atoms with Gasteiger partial charge in [0.2, 0.25) is 5.95 Å². The molecule has 0 aliphatic rings. The van der Waals surface area contributed by atoms with Crippen molar-refractivity contribution in [2.45, 2.75) is 0 Å². The summed E-state index contributed by atoms with van der Waals surface area (Å²) in [6, 6.07) is 9.80. The van der Waals surface area contributed by atoms with E-state index in [1.54, 1.807) is 24.3 Å². The lowest BCUT2D eigenvalue weighted by Crippen LogP contribution is -1.91. The van der Waals surface area contributed by atoms with Gasteiger partial charge in [0, 0.05) is 5.56 Å². The summed E-state index contributed by atoms with van der Waals surface area (Å²) in [4.78, 5) is 7.26. The Morgan fingerprint density at radius 3 is 2.64 bits per heavy atom. The molecule has 1 radical (unpaired) electrons. The summed E-state index contributed by atoms with van der Waals surface area (Å²) in [6.45, 7) is 0. The van der Waals surface area contributed by atoms with Gasteiger partial charge in [0.05, 0.1) is 5.69 Å². The highest BCUT2D eigenvalue weighted by atomic mass is 35.5. The Morgan fingerprint density at radius 2 is 1.93 bits per heavy atom. The molecule has 0 atom stereocenters. The second-order valence-corrected chi connectivity index (χ2v) is 2.99. The summed E-state index contributed by atoms with van der Waals surface area (Å²) < 4.78 is 13.0. The quantitative estimate of drug-likeness (QED) is 0.672. The van der Waals surface area contributed by atoms with Gasteiger partial charge in [-0.3, -0.25) is 0 Å². The minimum atomic E-state index is -0.704. The molecule has 0 fully saturated rings. The van der Waals surface area contributed by atoms with Crippen LogP contribution in [0.1, 0.15) is 0 Å². The van der Waals surface area contributed by atoms with Crippen LogP contribution in [-0.4, -0.2) is 9.97 Å². The van der Waals surface area contributed by atoms with Crippen LogP contribution in [0.2, 0.25) is 5.02 Å². The smallest absolute Gasteiger partial charge is 0.235 e. The molecule has 4 heteroatoms. The molecule has 0 aliphatic carbocycles. The summed E-state index contributed by atoms with van der Waals surface area (Å²) in [5.74, 6) is -0.704. The lowest BCUT2D eigenvalue weighted by molar-refractivity contribution is 0.581. The number of rotatable bonds is 1. The van der Waals surface area contributed by atoms with E-state index in [4.69, 9.17) is 11.6 Å². The average molecular weight is 208 g/mol. The lowest BCUT2D eigenvalue weighted by Gasteiger charge is -2.01. The van der Waals surface area contributed by atoms with E-state index in [0.717, 1.165) is 11.9 Å². The van der Waals surface area contributed by atoms with Crippen LogP contribution in [0.5, 0.6) is 0 Å². The maximum Gasteiger partial charge on any atom is 0.235 e. The normalized spacial score (nSPS) is 10.1. The molecular weight excluding hydrogens is 203 g/mol. The van der Waals surface area contributed by atoms with E-state index >= 15 is 0 Å². The molecule has 69 valence electrons. The van der Waals surface area contributed by atoms with Gasteiger partial charge >= 0.3 is 0 Å². The first kappa shape index (κ1) is 9.09. The van der Waals surface area contributed by atoms with Crippen molar-refractivity contribution in [3.63, 3.8) is 0 Å². The molecule has 0 amide bonds. The monoisotopic (exact) mass is 207 g/mol. The van der Waals surface area contributed by atoms with Crippen molar-refractivity contribution >= 4 is 11.6 Å². The Kier molecular flexibility index (Phi) is 2.41. The molecule has 0 N–H and O–H groups in total. The van der Waals surface area contributed by atoms with Gasteiger partial charge in [0.15, 0.2) is 0 Å². The van der Waals surface area contributed by atoms with E-state index in [1.165, 1.54) is 0 Å². The molecule has 2 rings (SSSR count). The van der Waals surface area contributed by atoms with Gasteiger partial charge in [-0.25, -0.2) is 9.97 Å². The highest BCUT2D eigenvalue weighted by molar-refractivity contribution is 6.33. The molecule has 0 saturated heterocycles. The zero-order valence-electron chi connectivity index (χ0n) is 7.04. The van der Waals surface area contributed by atoms with Crippen molar-refractivity contribution in [2.24, 2.45) is 0 Å². The number of benzene rings is 1. The fraction of sp³-hybridized carbons (Fsp3) is 0. The molecule has 0 unspecified atom stereocenters. The second kappa shape index (κ2) is 3.72.